The number of hydrogen-bond acceptors (Lipinski definition) is 2. The van der Waals surface area contributed by atoms with Gasteiger partial charge in [0.15, 0.2) is 0 Å². The summed E-state index contributed by atoms with van der Waals surface area (Å²) in [6.45, 7) is 6.08. The highest BCUT2D eigenvalue weighted by Crippen LogP contribution is 2.19. The van der Waals surface area contributed by atoms with Crippen molar-refractivity contribution < 1.29 is 4.79 Å². The molecule has 0 aliphatic rings. The van der Waals surface area contributed by atoms with Crippen molar-refractivity contribution in [2.24, 2.45) is 0 Å². The van der Waals surface area contributed by atoms with Crippen molar-refractivity contribution in [1.29, 1.82) is 0 Å². The zero-order valence-corrected chi connectivity index (χ0v) is 9.95. The van der Waals surface area contributed by atoms with Crippen LogP contribution in [0.4, 0.5) is 0 Å². The molecular weight excluding hydrogens is 180 g/mol. The van der Waals surface area contributed by atoms with Crippen molar-refractivity contribution in [2.75, 3.05) is 5.75 Å². The van der Waals surface area contributed by atoms with Crippen LogP contribution in [0.25, 0.3) is 0 Å². The van der Waals surface area contributed by atoms with E-state index in [4.69, 9.17) is 0 Å². The molecule has 0 aromatic carbocycles. The summed E-state index contributed by atoms with van der Waals surface area (Å²) in [7, 11) is 0. The van der Waals surface area contributed by atoms with Crippen LogP contribution in [0.5, 0.6) is 0 Å². The van der Waals surface area contributed by atoms with E-state index in [9.17, 15) is 4.79 Å². The number of rotatable bonds is 8. The molecule has 1 nitrogen and oxygen atoms in total. The predicted octanol–water partition coefficient (Wildman–Crippen LogP) is 3.67. The molecule has 0 aliphatic carbocycles. The van der Waals surface area contributed by atoms with Crippen LogP contribution < -0.4 is 0 Å². The average molecular weight is 202 g/mol. The van der Waals surface area contributed by atoms with Crippen molar-refractivity contribution in [1.82, 2.24) is 0 Å². The molecule has 0 N–H and O–H groups in total. The van der Waals surface area contributed by atoms with Gasteiger partial charge in [-0.3, -0.25) is 4.79 Å². The zero-order valence-electron chi connectivity index (χ0n) is 9.14. The lowest BCUT2D eigenvalue weighted by Gasteiger charge is -2.12. The van der Waals surface area contributed by atoms with Crippen LogP contribution in [0.2, 0.25) is 0 Å². The molecule has 0 bridgehead atoms. The van der Waals surface area contributed by atoms with Crippen LogP contribution in [-0.2, 0) is 4.79 Å². The van der Waals surface area contributed by atoms with E-state index in [1.54, 1.807) is 6.92 Å². The molecular formula is C11H22OS. The average Bonchev–Trinajstić information content (AvgIpc) is 2.10. The topological polar surface area (TPSA) is 17.1 Å². The largest absolute Gasteiger partial charge is 0.299 e. The lowest BCUT2D eigenvalue weighted by atomic mass is 10.1. The van der Waals surface area contributed by atoms with Crippen LogP contribution in [0.15, 0.2) is 0 Å². The minimum absolute atomic E-state index is 0.270. The van der Waals surface area contributed by atoms with Gasteiger partial charge in [-0.1, -0.05) is 33.1 Å². The van der Waals surface area contributed by atoms with Crippen molar-refractivity contribution >= 4 is 17.5 Å². The first-order valence-electron chi connectivity index (χ1n) is 5.34. The fourth-order valence-corrected chi connectivity index (χ4v) is 2.33. The number of ketones is 1. The highest BCUT2D eigenvalue weighted by atomic mass is 32.2. The normalized spacial score (nSPS) is 12.8. The first-order chi connectivity index (χ1) is 6.22. The summed E-state index contributed by atoms with van der Waals surface area (Å²) < 4.78 is 0. The Bertz CT molecular complexity index is 134. The summed E-state index contributed by atoms with van der Waals surface area (Å²) in [5.74, 6) is 1.48. The molecule has 0 saturated heterocycles. The van der Waals surface area contributed by atoms with Crippen LogP contribution >= 0.6 is 11.8 Å². The Morgan fingerprint density at radius 3 is 2.38 bits per heavy atom. The number of Topliss-reactive ketones (excluding diaryl/α,β-unsaturated/α-hetero) is 1. The Morgan fingerprint density at radius 1 is 1.23 bits per heavy atom. The van der Waals surface area contributed by atoms with E-state index in [0.29, 0.717) is 5.78 Å². The summed E-state index contributed by atoms with van der Waals surface area (Å²) in [5, 5.41) is 0.270. The van der Waals surface area contributed by atoms with Gasteiger partial charge in [0.25, 0.3) is 0 Å². The molecule has 1 unspecified atom stereocenters. The van der Waals surface area contributed by atoms with Crippen molar-refractivity contribution in [2.45, 2.75) is 58.1 Å². The van der Waals surface area contributed by atoms with Gasteiger partial charge >= 0.3 is 0 Å². The third kappa shape index (κ3) is 7.12. The summed E-state index contributed by atoms with van der Waals surface area (Å²) >= 11 is 1.83. The second-order valence-electron chi connectivity index (χ2n) is 3.47. The molecule has 0 fully saturated rings. The second-order valence-corrected chi connectivity index (χ2v) is 4.78. The van der Waals surface area contributed by atoms with Gasteiger partial charge in [0.1, 0.15) is 5.78 Å². The Labute approximate surface area is 86.7 Å². The first kappa shape index (κ1) is 13.0. The van der Waals surface area contributed by atoms with Crippen molar-refractivity contribution in [3.8, 4) is 0 Å². The minimum atomic E-state index is 0.270. The molecule has 0 spiro atoms. The Morgan fingerprint density at radius 2 is 1.92 bits per heavy atom. The van der Waals surface area contributed by atoms with Crippen LogP contribution in [0.1, 0.15) is 52.9 Å². The van der Waals surface area contributed by atoms with E-state index >= 15 is 0 Å². The molecule has 1 atom stereocenters. The molecule has 0 radical (unpaired) electrons. The predicted molar refractivity (Wildman–Crippen MR) is 61.4 cm³/mol. The highest BCUT2D eigenvalue weighted by Gasteiger charge is 2.12. The van der Waals surface area contributed by atoms with E-state index in [-0.39, 0.29) is 5.25 Å². The quantitative estimate of drug-likeness (QED) is 0.559. The van der Waals surface area contributed by atoms with E-state index in [0.717, 1.165) is 12.2 Å². The number of carbonyl (C=O) groups excluding carboxylic acids is 1. The smallest absolute Gasteiger partial charge is 0.142 e. The molecule has 0 heterocycles. The molecule has 2 heteroatoms. The standard InChI is InChI=1S/C11H22OS/c1-4-6-7-8-11(10(3)12)13-9-5-2/h11H,4-9H2,1-3H3. The van der Waals surface area contributed by atoms with Crippen LogP contribution in [0, 0.1) is 0 Å². The van der Waals surface area contributed by atoms with Crippen LogP contribution in [-0.4, -0.2) is 16.8 Å². The third-order valence-corrected chi connectivity index (χ3v) is 3.66. The number of thioether (sulfide) groups is 1. The van der Waals surface area contributed by atoms with Crippen LogP contribution in [0.3, 0.4) is 0 Å². The van der Waals surface area contributed by atoms with Gasteiger partial charge in [-0.2, -0.15) is 11.8 Å². The van der Waals surface area contributed by atoms with E-state index in [1.165, 1.54) is 25.7 Å². The summed E-state index contributed by atoms with van der Waals surface area (Å²) in [6.07, 6.45) is 5.95. The van der Waals surface area contributed by atoms with E-state index in [2.05, 4.69) is 13.8 Å². The summed E-state index contributed by atoms with van der Waals surface area (Å²) in [5.41, 5.74) is 0. The Hall–Kier alpha value is 0.0200. The maximum atomic E-state index is 11.2. The Balaban J connectivity index is 3.61. The van der Waals surface area contributed by atoms with Gasteiger partial charge in [0.05, 0.1) is 5.25 Å². The molecule has 0 aliphatic heterocycles. The maximum absolute atomic E-state index is 11.2. The van der Waals surface area contributed by atoms with Crippen molar-refractivity contribution in [3.63, 3.8) is 0 Å². The van der Waals surface area contributed by atoms with E-state index in [1.807, 2.05) is 11.8 Å². The highest BCUT2D eigenvalue weighted by molar-refractivity contribution is 8.00. The molecule has 0 rings (SSSR count). The number of unbranched alkanes of at least 4 members (excludes halogenated alkanes) is 2. The second kappa shape index (κ2) is 8.61. The fourth-order valence-electron chi connectivity index (χ4n) is 1.24. The fraction of sp³-hybridized carbons (Fsp3) is 0.909. The maximum Gasteiger partial charge on any atom is 0.142 e. The zero-order chi connectivity index (χ0) is 10.1. The lowest BCUT2D eigenvalue weighted by molar-refractivity contribution is -0.116. The minimum Gasteiger partial charge on any atom is -0.299 e. The molecule has 0 aromatic rings. The van der Waals surface area contributed by atoms with Gasteiger partial charge in [0, 0.05) is 0 Å². The molecule has 0 saturated carbocycles. The molecule has 13 heavy (non-hydrogen) atoms. The molecule has 0 aromatic heterocycles. The van der Waals surface area contributed by atoms with E-state index < -0.39 is 0 Å². The third-order valence-electron chi connectivity index (χ3n) is 2.05. The summed E-state index contributed by atoms with van der Waals surface area (Å²) in [6, 6.07) is 0. The molecule has 0 amide bonds. The van der Waals surface area contributed by atoms with Gasteiger partial charge in [-0.15, -0.1) is 0 Å². The monoisotopic (exact) mass is 202 g/mol. The van der Waals surface area contributed by atoms with Gasteiger partial charge in [0.2, 0.25) is 0 Å². The Kier molecular flexibility index (Phi) is 8.62. The number of hydrogen-bond donors (Lipinski definition) is 0. The summed E-state index contributed by atoms with van der Waals surface area (Å²) in [4.78, 5) is 11.2. The number of carbonyl (C=O) groups is 1. The lowest BCUT2D eigenvalue weighted by Crippen LogP contribution is -2.14. The van der Waals surface area contributed by atoms with Gasteiger partial charge < -0.3 is 0 Å². The van der Waals surface area contributed by atoms with Gasteiger partial charge in [-0.25, -0.2) is 0 Å². The molecule has 78 valence electrons. The SMILES string of the molecule is CCCCCC(SCCC)C(C)=O. The van der Waals surface area contributed by atoms with Gasteiger partial charge in [-0.05, 0) is 25.5 Å². The van der Waals surface area contributed by atoms with Crippen molar-refractivity contribution in [3.05, 3.63) is 0 Å². The first-order valence-corrected chi connectivity index (χ1v) is 6.39.